The lowest BCUT2D eigenvalue weighted by molar-refractivity contribution is 0.322. The zero-order valence-corrected chi connectivity index (χ0v) is 12.1. The molecule has 0 amide bonds. The molecule has 1 heterocycles. The molecule has 20 heavy (non-hydrogen) atoms. The third-order valence-electron chi connectivity index (χ3n) is 2.62. The van der Waals surface area contributed by atoms with Crippen LogP contribution in [0.5, 0.6) is 5.75 Å². The summed E-state index contributed by atoms with van der Waals surface area (Å²) < 4.78 is 5.60. The van der Waals surface area contributed by atoms with E-state index in [2.05, 4.69) is 22.5 Å². The molecule has 1 aromatic heterocycles. The first-order valence-corrected chi connectivity index (χ1v) is 6.79. The van der Waals surface area contributed by atoms with Gasteiger partial charge in [-0.1, -0.05) is 17.7 Å². The predicted molar refractivity (Wildman–Crippen MR) is 85.1 cm³/mol. The molecule has 0 aliphatic heterocycles. The Balaban J connectivity index is 1.66. The van der Waals surface area contributed by atoms with Gasteiger partial charge in [-0.05, 0) is 43.4 Å². The lowest BCUT2D eigenvalue weighted by Crippen LogP contribution is -2.31. The van der Waals surface area contributed by atoms with Crippen LogP contribution in [0.2, 0.25) is 0 Å². The molecule has 2 N–H and O–H groups in total. The van der Waals surface area contributed by atoms with Crippen molar-refractivity contribution in [1.82, 2.24) is 10.3 Å². The molecule has 0 radical (unpaired) electrons. The lowest BCUT2D eigenvalue weighted by Gasteiger charge is -2.11. The zero-order valence-electron chi connectivity index (χ0n) is 11.3. The second kappa shape index (κ2) is 7.45. The second-order valence-electron chi connectivity index (χ2n) is 4.28. The Labute approximate surface area is 124 Å². The molecule has 2 rings (SSSR count). The van der Waals surface area contributed by atoms with Gasteiger partial charge < -0.3 is 15.4 Å². The molecular formula is C15H17N3OS. The van der Waals surface area contributed by atoms with Crippen LogP contribution >= 0.6 is 12.2 Å². The zero-order chi connectivity index (χ0) is 14.2. The lowest BCUT2D eigenvalue weighted by atomic mass is 10.2. The Kier molecular flexibility index (Phi) is 5.32. The molecular weight excluding hydrogens is 270 g/mol. The summed E-state index contributed by atoms with van der Waals surface area (Å²) in [6, 6.07) is 11.7. The number of aromatic nitrogens is 1. The number of thiocarbonyl (C=S) groups is 1. The van der Waals surface area contributed by atoms with Gasteiger partial charge in [-0.25, -0.2) is 0 Å². The summed E-state index contributed by atoms with van der Waals surface area (Å²) in [6.07, 6.45) is 3.43. The summed E-state index contributed by atoms with van der Waals surface area (Å²) in [7, 11) is 0. The molecule has 0 atom stereocenters. The third kappa shape index (κ3) is 4.85. The van der Waals surface area contributed by atoms with Gasteiger partial charge in [0.15, 0.2) is 5.11 Å². The number of hydrogen-bond donors (Lipinski definition) is 2. The first-order valence-electron chi connectivity index (χ1n) is 6.38. The van der Waals surface area contributed by atoms with E-state index in [-0.39, 0.29) is 0 Å². The molecule has 4 nitrogen and oxygen atoms in total. The number of aryl methyl sites for hydroxylation is 1. The molecule has 0 fully saturated rings. The van der Waals surface area contributed by atoms with Gasteiger partial charge >= 0.3 is 0 Å². The molecule has 0 aliphatic rings. The first-order chi connectivity index (χ1) is 9.74. The van der Waals surface area contributed by atoms with Gasteiger partial charge in [0, 0.05) is 18.1 Å². The van der Waals surface area contributed by atoms with Gasteiger partial charge in [0.2, 0.25) is 0 Å². The minimum Gasteiger partial charge on any atom is -0.492 e. The Morgan fingerprint density at radius 2 is 1.85 bits per heavy atom. The van der Waals surface area contributed by atoms with Gasteiger partial charge in [0.1, 0.15) is 12.4 Å². The van der Waals surface area contributed by atoms with E-state index >= 15 is 0 Å². The Morgan fingerprint density at radius 3 is 2.55 bits per heavy atom. The largest absolute Gasteiger partial charge is 0.492 e. The molecule has 0 saturated heterocycles. The number of hydrogen-bond acceptors (Lipinski definition) is 3. The molecule has 0 unspecified atom stereocenters. The third-order valence-corrected chi connectivity index (χ3v) is 2.86. The SMILES string of the molecule is Cc1ccc(OCCNC(=S)Nc2ccncc2)cc1. The predicted octanol–water partition coefficient (Wildman–Crippen LogP) is 2.76. The summed E-state index contributed by atoms with van der Waals surface area (Å²) in [5, 5.41) is 6.73. The maximum atomic E-state index is 5.60. The molecule has 2 aromatic rings. The van der Waals surface area contributed by atoms with E-state index in [9.17, 15) is 0 Å². The first kappa shape index (κ1) is 14.3. The van der Waals surface area contributed by atoms with Crippen molar-refractivity contribution in [2.45, 2.75) is 6.92 Å². The van der Waals surface area contributed by atoms with Gasteiger partial charge in [0.05, 0.1) is 6.54 Å². The summed E-state index contributed by atoms with van der Waals surface area (Å²) >= 11 is 5.18. The number of rotatable bonds is 5. The van der Waals surface area contributed by atoms with Gasteiger partial charge in [-0.3, -0.25) is 4.98 Å². The normalized spacial score (nSPS) is 9.85. The van der Waals surface area contributed by atoms with E-state index in [1.807, 2.05) is 36.4 Å². The Bertz CT molecular complexity index is 543. The number of ether oxygens (including phenoxy) is 1. The minimum atomic E-state index is 0.557. The maximum absolute atomic E-state index is 5.60. The fraction of sp³-hybridized carbons (Fsp3) is 0.200. The molecule has 1 aromatic carbocycles. The molecule has 5 heteroatoms. The number of nitrogens with one attached hydrogen (secondary N) is 2. The van der Waals surface area contributed by atoms with Crippen LogP contribution in [0.3, 0.4) is 0 Å². The summed E-state index contributed by atoms with van der Waals surface area (Å²) in [5.74, 6) is 0.866. The standard InChI is InChI=1S/C15H17N3OS/c1-12-2-4-14(5-3-12)19-11-10-17-15(20)18-13-6-8-16-9-7-13/h2-9H,10-11H2,1H3,(H2,16,17,18,20). The van der Waals surface area contributed by atoms with Crippen LogP contribution in [0.25, 0.3) is 0 Å². The van der Waals surface area contributed by atoms with Gasteiger partial charge in [-0.2, -0.15) is 0 Å². The van der Waals surface area contributed by atoms with Crippen LogP contribution in [0, 0.1) is 6.92 Å². The minimum absolute atomic E-state index is 0.557. The average molecular weight is 287 g/mol. The topological polar surface area (TPSA) is 46.2 Å². The highest BCUT2D eigenvalue weighted by Gasteiger charge is 1.97. The van der Waals surface area contributed by atoms with Crippen molar-refractivity contribution in [1.29, 1.82) is 0 Å². The fourth-order valence-corrected chi connectivity index (χ4v) is 1.80. The van der Waals surface area contributed by atoms with Crippen LogP contribution in [-0.4, -0.2) is 23.2 Å². The van der Waals surface area contributed by atoms with Gasteiger partial charge in [-0.15, -0.1) is 0 Å². The van der Waals surface area contributed by atoms with Crippen LogP contribution in [0.15, 0.2) is 48.8 Å². The maximum Gasteiger partial charge on any atom is 0.170 e. The van der Waals surface area contributed by atoms with Crippen molar-refractivity contribution in [3.63, 3.8) is 0 Å². The molecule has 0 aliphatic carbocycles. The second-order valence-corrected chi connectivity index (χ2v) is 4.69. The van der Waals surface area contributed by atoms with Crippen molar-refractivity contribution < 1.29 is 4.74 Å². The van der Waals surface area contributed by atoms with Crippen LogP contribution in [0.4, 0.5) is 5.69 Å². The highest BCUT2D eigenvalue weighted by atomic mass is 32.1. The number of anilines is 1. The summed E-state index contributed by atoms with van der Waals surface area (Å²) in [4.78, 5) is 3.94. The van der Waals surface area contributed by atoms with E-state index < -0.39 is 0 Å². The Morgan fingerprint density at radius 1 is 1.15 bits per heavy atom. The number of benzene rings is 1. The van der Waals surface area contributed by atoms with Crippen molar-refractivity contribution >= 4 is 23.0 Å². The summed E-state index contributed by atoms with van der Waals surface area (Å²) in [5.41, 5.74) is 2.13. The molecule has 0 bridgehead atoms. The van der Waals surface area contributed by atoms with E-state index in [1.165, 1.54) is 5.56 Å². The van der Waals surface area contributed by atoms with Crippen molar-refractivity contribution in [2.24, 2.45) is 0 Å². The quantitative estimate of drug-likeness (QED) is 0.654. The monoisotopic (exact) mass is 287 g/mol. The van der Waals surface area contributed by atoms with Crippen molar-refractivity contribution in [2.75, 3.05) is 18.5 Å². The van der Waals surface area contributed by atoms with E-state index in [0.717, 1.165) is 11.4 Å². The van der Waals surface area contributed by atoms with Crippen molar-refractivity contribution in [3.05, 3.63) is 54.4 Å². The smallest absolute Gasteiger partial charge is 0.170 e. The fourth-order valence-electron chi connectivity index (χ4n) is 1.58. The number of pyridine rings is 1. The highest BCUT2D eigenvalue weighted by molar-refractivity contribution is 7.80. The molecule has 0 spiro atoms. The van der Waals surface area contributed by atoms with E-state index in [0.29, 0.717) is 18.3 Å². The Hall–Kier alpha value is -2.14. The molecule has 0 saturated carbocycles. The van der Waals surface area contributed by atoms with Crippen molar-refractivity contribution in [3.8, 4) is 5.75 Å². The van der Waals surface area contributed by atoms with Crippen LogP contribution < -0.4 is 15.4 Å². The van der Waals surface area contributed by atoms with Crippen LogP contribution in [-0.2, 0) is 0 Å². The van der Waals surface area contributed by atoms with E-state index in [4.69, 9.17) is 17.0 Å². The average Bonchev–Trinajstić information content (AvgIpc) is 2.46. The van der Waals surface area contributed by atoms with Crippen LogP contribution in [0.1, 0.15) is 5.56 Å². The number of nitrogens with zero attached hydrogens (tertiary/aromatic N) is 1. The van der Waals surface area contributed by atoms with E-state index in [1.54, 1.807) is 12.4 Å². The summed E-state index contributed by atoms with van der Waals surface area (Å²) in [6.45, 7) is 3.25. The molecule has 104 valence electrons. The highest BCUT2D eigenvalue weighted by Crippen LogP contribution is 2.10. The van der Waals surface area contributed by atoms with Gasteiger partial charge in [0.25, 0.3) is 0 Å².